The fraction of sp³-hybridized carbons (Fsp3) is 0.0476. The Morgan fingerprint density at radius 1 is 0.760 bits per heavy atom. The van der Waals surface area contributed by atoms with Gasteiger partial charge in [0.25, 0.3) is 5.78 Å². The van der Waals surface area contributed by atoms with E-state index in [1.54, 1.807) is 42.5 Å². The highest BCUT2D eigenvalue weighted by Crippen LogP contribution is 2.35. The summed E-state index contributed by atoms with van der Waals surface area (Å²) in [4.78, 5) is 25.8. The molecule has 3 aromatic rings. The van der Waals surface area contributed by atoms with Gasteiger partial charge in [-0.15, -0.1) is 0 Å². The third-order valence-corrected chi connectivity index (χ3v) is 4.13. The van der Waals surface area contributed by atoms with E-state index in [9.17, 15) is 9.59 Å². The Bertz CT molecular complexity index is 933. The molecule has 0 radical (unpaired) electrons. The summed E-state index contributed by atoms with van der Waals surface area (Å²) in [7, 11) is 0. The third-order valence-electron chi connectivity index (χ3n) is 4.13. The molecule has 1 aliphatic rings. The molecule has 4 nitrogen and oxygen atoms in total. The minimum absolute atomic E-state index is 0.442. The molecule has 122 valence electrons. The molecule has 0 fully saturated rings. The highest BCUT2D eigenvalue weighted by molar-refractivity contribution is 6.53. The number of Topliss-reactive ketones (excluding diaryl/α,β-unsaturated/α-hetero) is 1. The van der Waals surface area contributed by atoms with Crippen molar-refractivity contribution < 1.29 is 14.3 Å². The molecule has 1 amide bonds. The Kier molecular flexibility index (Phi) is 3.78. The number of carbonyl (C=O) groups is 2. The highest BCUT2D eigenvalue weighted by atomic mass is 16.5. The van der Waals surface area contributed by atoms with Crippen LogP contribution in [-0.2, 0) is 11.4 Å². The number of carbonyl (C=O) groups excluding carboxylic acids is 2. The molecular weight excluding hydrogens is 314 g/mol. The zero-order chi connectivity index (χ0) is 17.2. The van der Waals surface area contributed by atoms with Gasteiger partial charge in [0.1, 0.15) is 12.4 Å². The molecule has 0 atom stereocenters. The number of hydrogen-bond acceptors (Lipinski definition) is 3. The second-order valence-corrected chi connectivity index (χ2v) is 5.76. The van der Waals surface area contributed by atoms with Crippen LogP contribution in [0.3, 0.4) is 0 Å². The van der Waals surface area contributed by atoms with E-state index in [2.05, 4.69) is 0 Å². The maximum Gasteiger partial charge on any atom is 0.304 e. The van der Waals surface area contributed by atoms with Crippen molar-refractivity contribution in [3.63, 3.8) is 0 Å². The number of hydrogen-bond donors (Lipinski definition) is 0. The maximum absolute atomic E-state index is 12.3. The molecule has 1 aliphatic heterocycles. The van der Waals surface area contributed by atoms with E-state index >= 15 is 0 Å². The molecule has 0 aromatic heterocycles. The fourth-order valence-electron chi connectivity index (χ4n) is 2.88. The van der Waals surface area contributed by atoms with E-state index < -0.39 is 11.7 Å². The monoisotopic (exact) mass is 329 g/mol. The number of rotatable bonds is 4. The van der Waals surface area contributed by atoms with Crippen molar-refractivity contribution in [1.82, 2.24) is 0 Å². The Morgan fingerprint density at radius 3 is 2.20 bits per heavy atom. The average molecular weight is 329 g/mol. The van der Waals surface area contributed by atoms with Crippen molar-refractivity contribution in [2.45, 2.75) is 6.61 Å². The maximum atomic E-state index is 12.3. The SMILES string of the molecule is O=C1C(=O)N(c2ccc(OCc3ccccc3)cc2)c2ccccc21. The summed E-state index contributed by atoms with van der Waals surface area (Å²) in [5.41, 5.74) is 2.79. The molecule has 1 heterocycles. The van der Waals surface area contributed by atoms with Crippen LogP contribution in [-0.4, -0.2) is 11.7 Å². The van der Waals surface area contributed by atoms with Crippen LogP contribution in [0.2, 0.25) is 0 Å². The first-order valence-electron chi connectivity index (χ1n) is 7.98. The van der Waals surface area contributed by atoms with Crippen LogP contribution in [0.15, 0.2) is 78.9 Å². The largest absolute Gasteiger partial charge is 0.489 e. The zero-order valence-electron chi connectivity index (χ0n) is 13.4. The Labute approximate surface area is 145 Å². The molecule has 0 N–H and O–H groups in total. The topological polar surface area (TPSA) is 46.6 Å². The number of anilines is 2. The number of benzene rings is 3. The summed E-state index contributed by atoms with van der Waals surface area (Å²) in [5.74, 6) is -0.294. The minimum Gasteiger partial charge on any atom is -0.489 e. The third kappa shape index (κ3) is 2.78. The van der Waals surface area contributed by atoms with Crippen LogP contribution in [0.25, 0.3) is 0 Å². The van der Waals surface area contributed by atoms with Crippen molar-refractivity contribution >= 4 is 23.1 Å². The van der Waals surface area contributed by atoms with Gasteiger partial charge in [-0.1, -0.05) is 42.5 Å². The summed E-state index contributed by atoms with van der Waals surface area (Å²) < 4.78 is 5.76. The van der Waals surface area contributed by atoms with E-state index in [0.29, 0.717) is 29.3 Å². The number of nitrogens with zero attached hydrogens (tertiary/aromatic N) is 1. The lowest BCUT2D eigenvalue weighted by molar-refractivity contribution is -0.113. The molecule has 0 bridgehead atoms. The first kappa shape index (κ1) is 15.1. The normalized spacial score (nSPS) is 13.0. The van der Waals surface area contributed by atoms with Crippen LogP contribution in [0, 0.1) is 0 Å². The lowest BCUT2D eigenvalue weighted by atomic mass is 10.1. The quantitative estimate of drug-likeness (QED) is 0.676. The van der Waals surface area contributed by atoms with E-state index in [-0.39, 0.29) is 0 Å². The standard InChI is InChI=1S/C21H15NO3/c23-20-18-8-4-5-9-19(18)22(21(20)24)16-10-12-17(13-11-16)25-14-15-6-2-1-3-7-15/h1-13H,14H2. The summed E-state index contributed by atoms with van der Waals surface area (Å²) in [6, 6.07) is 24.1. The highest BCUT2D eigenvalue weighted by Gasteiger charge is 2.36. The van der Waals surface area contributed by atoms with Gasteiger partial charge in [0.05, 0.1) is 11.3 Å². The molecule has 0 saturated heterocycles. The summed E-state index contributed by atoms with van der Waals surface area (Å²) >= 11 is 0. The van der Waals surface area contributed by atoms with Crippen molar-refractivity contribution in [2.75, 3.05) is 4.90 Å². The van der Waals surface area contributed by atoms with E-state index in [0.717, 1.165) is 5.56 Å². The fourth-order valence-corrected chi connectivity index (χ4v) is 2.88. The zero-order valence-corrected chi connectivity index (χ0v) is 13.4. The average Bonchev–Trinajstić information content (AvgIpc) is 2.92. The van der Waals surface area contributed by atoms with Gasteiger partial charge >= 0.3 is 5.91 Å². The van der Waals surface area contributed by atoms with Gasteiger partial charge in [-0.3, -0.25) is 14.5 Å². The van der Waals surface area contributed by atoms with Gasteiger partial charge in [-0.25, -0.2) is 0 Å². The van der Waals surface area contributed by atoms with Crippen molar-refractivity contribution in [1.29, 1.82) is 0 Å². The Hall–Kier alpha value is -3.40. The van der Waals surface area contributed by atoms with Crippen molar-refractivity contribution in [3.05, 3.63) is 90.0 Å². The molecule has 25 heavy (non-hydrogen) atoms. The molecular formula is C21H15NO3. The summed E-state index contributed by atoms with van der Waals surface area (Å²) in [5, 5.41) is 0. The predicted molar refractivity (Wildman–Crippen MR) is 95.1 cm³/mol. The van der Waals surface area contributed by atoms with Crippen LogP contribution < -0.4 is 9.64 Å². The van der Waals surface area contributed by atoms with Crippen LogP contribution in [0.4, 0.5) is 11.4 Å². The minimum atomic E-state index is -0.529. The van der Waals surface area contributed by atoms with Gasteiger partial charge in [0, 0.05) is 5.69 Å². The van der Waals surface area contributed by atoms with E-state index in [1.165, 1.54) is 4.90 Å². The van der Waals surface area contributed by atoms with E-state index in [4.69, 9.17) is 4.74 Å². The van der Waals surface area contributed by atoms with Crippen LogP contribution in [0.5, 0.6) is 5.75 Å². The second kappa shape index (κ2) is 6.24. The summed E-state index contributed by atoms with van der Waals surface area (Å²) in [6.45, 7) is 0.476. The number of ether oxygens (including phenoxy) is 1. The molecule has 0 saturated carbocycles. The first-order chi connectivity index (χ1) is 12.2. The van der Waals surface area contributed by atoms with Gasteiger partial charge in [-0.05, 0) is 42.0 Å². The predicted octanol–water partition coefficient (Wildman–Crippen LogP) is 4.13. The van der Waals surface area contributed by atoms with Crippen molar-refractivity contribution in [2.24, 2.45) is 0 Å². The molecule has 0 spiro atoms. The van der Waals surface area contributed by atoms with Gasteiger partial charge in [0.15, 0.2) is 0 Å². The second-order valence-electron chi connectivity index (χ2n) is 5.76. The lowest BCUT2D eigenvalue weighted by Crippen LogP contribution is -2.24. The van der Waals surface area contributed by atoms with Crippen LogP contribution in [0.1, 0.15) is 15.9 Å². The van der Waals surface area contributed by atoms with Crippen LogP contribution >= 0.6 is 0 Å². The Balaban J connectivity index is 1.55. The van der Waals surface area contributed by atoms with Gasteiger partial charge in [-0.2, -0.15) is 0 Å². The molecule has 3 aromatic carbocycles. The number of fused-ring (bicyclic) bond motifs is 1. The molecule has 4 heteroatoms. The van der Waals surface area contributed by atoms with E-state index in [1.807, 2.05) is 36.4 Å². The van der Waals surface area contributed by atoms with Gasteiger partial charge < -0.3 is 4.74 Å². The number of amides is 1. The smallest absolute Gasteiger partial charge is 0.304 e. The molecule has 0 unspecified atom stereocenters. The number of para-hydroxylation sites is 1. The number of ketones is 1. The Morgan fingerprint density at radius 2 is 1.44 bits per heavy atom. The van der Waals surface area contributed by atoms with Crippen molar-refractivity contribution in [3.8, 4) is 5.75 Å². The summed E-state index contributed by atoms with van der Waals surface area (Å²) in [6.07, 6.45) is 0. The lowest BCUT2D eigenvalue weighted by Gasteiger charge is -2.17. The first-order valence-corrected chi connectivity index (χ1v) is 7.98. The molecule has 4 rings (SSSR count). The molecule has 0 aliphatic carbocycles. The van der Waals surface area contributed by atoms with Gasteiger partial charge in [0.2, 0.25) is 0 Å².